The van der Waals surface area contributed by atoms with Crippen LogP contribution in [0.5, 0.6) is 5.88 Å². The van der Waals surface area contributed by atoms with E-state index in [-0.39, 0.29) is 5.91 Å². The fraction of sp³-hybridized carbons (Fsp3) is 0.188. The molecule has 2 heterocycles. The number of anilines is 1. The molecular weight excluding hydrogens is 266 g/mol. The molecule has 21 heavy (non-hydrogen) atoms. The maximum Gasteiger partial charge on any atom is 0.258 e. The summed E-state index contributed by atoms with van der Waals surface area (Å²) >= 11 is 0. The molecule has 5 nitrogen and oxygen atoms in total. The number of amides is 1. The Kier molecular flexibility index (Phi) is 3.28. The molecule has 1 aliphatic heterocycles. The van der Waals surface area contributed by atoms with Crippen LogP contribution in [0.1, 0.15) is 21.5 Å². The fourth-order valence-corrected chi connectivity index (χ4v) is 2.29. The number of pyridine rings is 1. The van der Waals surface area contributed by atoms with Gasteiger partial charge in [-0.05, 0) is 36.8 Å². The van der Waals surface area contributed by atoms with Crippen molar-refractivity contribution in [1.82, 2.24) is 4.98 Å². The monoisotopic (exact) mass is 279 g/mol. The number of nitriles is 1. The lowest BCUT2D eigenvalue weighted by molar-refractivity contribution is 0.0975. The van der Waals surface area contributed by atoms with Crippen LogP contribution < -0.4 is 9.64 Å². The summed E-state index contributed by atoms with van der Waals surface area (Å²) in [7, 11) is 0. The molecule has 0 fully saturated rings. The van der Waals surface area contributed by atoms with E-state index in [1.54, 1.807) is 35.4 Å². The van der Waals surface area contributed by atoms with Gasteiger partial charge in [0.1, 0.15) is 12.3 Å². The molecule has 0 N–H and O–H groups in total. The molecule has 1 amide bonds. The SMILES string of the molecule is Cc1cnc2c(c1)N(C(=O)c1cccc(C#N)c1)CCO2. The van der Waals surface area contributed by atoms with Gasteiger partial charge in [0, 0.05) is 11.8 Å². The number of ether oxygens (including phenoxy) is 1. The van der Waals surface area contributed by atoms with E-state index in [1.807, 2.05) is 19.1 Å². The molecule has 0 saturated carbocycles. The second-order valence-electron chi connectivity index (χ2n) is 4.83. The van der Waals surface area contributed by atoms with Crippen molar-refractivity contribution in [2.24, 2.45) is 0 Å². The van der Waals surface area contributed by atoms with E-state index in [4.69, 9.17) is 10.00 Å². The van der Waals surface area contributed by atoms with Crippen molar-refractivity contribution in [3.63, 3.8) is 0 Å². The maximum absolute atomic E-state index is 12.7. The minimum Gasteiger partial charge on any atom is -0.474 e. The summed E-state index contributed by atoms with van der Waals surface area (Å²) in [5.41, 5.74) is 2.59. The number of hydrogen-bond donors (Lipinski definition) is 0. The van der Waals surface area contributed by atoms with Crippen LogP contribution in [0.3, 0.4) is 0 Å². The number of rotatable bonds is 1. The third kappa shape index (κ3) is 2.43. The highest BCUT2D eigenvalue weighted by atomic mass is 16.5. The van der Waals surface area contributed by atoms with E-state index < -0.39 is 0 Å². The number of fused-ring (bicyclic) bond motifs is 1. The van der Waals surface area contributed by atoms with Gasteiger partial charge in [-0.25, -0.2) is 4.98 Å². The molecular formula is C16H13N3O2. The first-order valence-corrected chi connectivity index (χ1v) is 6.60. The van der Waals surface area contributed by atoms with Gasteiger partial charge >= 0.3 is 0 Å². The van der Waals surface area contributed by atoms with E-state index in [0.29, 0.717) is 35.8 Å². The molecule has 0 radical (unpaired) electrons. The lowest BCUT2D eigenvalue weighted by atomic mass is 10.1. The first-order chi connectivity index (χ1) is 10.2. The van der Waals surface area contributed by atoms with Crippen LogP contribution in [-0.4, -0.2) is 24.0 Å². The van der Waals surface area contributed by atoms with Gasteiger partial charge in [-0.15, -0.1) is 0 Å². The minimum absolute atomic E-state index is 0.149. The highest BCUT2D eigenvalue weighted by Gasteiger charge is 2.25. The Balaban J connectivity index is 2.00. The molecule has 2 aromatic rings. The lowest BCUT2D eigenvalue weighted by Gasteiger charge is -2.29. The van der Waals surface area contributed by atoms with Gasteiger partial charge in [0.15, 0.2) is 0 Å². The number of aryl methyl sites for hydroxylation is 1. The highest BCUT2D eigenvalue weighted by molar-refractivity contribution is 6.07. The molecule has 0 bridgehead atoms. The molecule has 5 heteroatoms. The lowest BCUT2D eigenvalue weighted by Crippen LogP contribution is -2.38. The number of benzene rings is 1. The van der Waals surface area contributed by atoms with E-state index >= 15 is 0 Å². The number of carbonyl (C=O) groups is 1. The summed E-state index contributed by atoms with van der Waals surface area (Å²) in [5, 5.41) is 8.94. The van der Waals surface area contributed by atoms with Crippen molar-refractivity contribution >= 4 is 11.6 Å². The van der Waals surface area contributed by atoms with Gasteiger partial charge in [-0.2, -0.15) is 5.26 Å². The normalized spacial score (nSPS) is 13.0. The van der Waals surface area contributed by atoms with Gasteiger partial charge < -0.3 is 9.64 Å². The topological polar surface area (TPSA) is 66.2 Å². The number of nitrogens with zero attached hydrogens (tertiary/aromatic N) is 3. The first-order valence-electron chi connectivity index (χ1n) is 6.60. The predicted octanol–water partition coefficient (Wildman–Crippen LogP) is 2.30. The number of hydrogen-bond acceptors (Lipinski definition) is 4. The molecule has 0 saturated heterocycles. The predicted molar refractivity (Wildman–Crippen MR) is 77.3 cm³/mol. The van der Waals surface area contributed by atoms with Gasteiger partial charge in [0.2, 0.25) is 5.88 Å². The molecule has 3 rings (SSSR count). The maximum atomic E-state index is 12.7. The Morgan fingerprint density at radius 2 is 2.29 bits per heavy atom. The van der Waals surface area contributed by atoms with E-state index in [9.17, 15) is 4.79 Å². The van der Waals surface area contributed by atoms with Crippen LogP contribution in [0.2, 0.25) is 0 Å². The zero-order chi connectivity index (χ0) is 14.8. The Hall–Kier alpha value is -2.87. The molecule has 1 aromatic carbocycles. The van der Waals surface area contributed by atoms with Crippen molar-refractivity contribution in [3.8, 4) is 11.9 Å². The smallest absolute Gasteiger partial charge is 0.258 e. The van der Waals surface area contributed by atoms with Crippen molar-refractivity contribution in [2.45, 2.75) is 6.92 Å². The number of aromatic nitrogens is 1. The summed E-state index contributed by atoms with van der Waals surface area (Å²) in [6.45, 7) is 2.79. The van der Waals surface area contributed by atoms with Gasteiger partial charge in [-0.1, -0.05) is 6.07 Å². The van der Waals surface area contributed by atoms with Crippen LogP contribution >= 0.6 is 0 Å². The first kappa shape index (κ1) is 13.1. The Morgan fingerprint density at radius 1 is 1.43 bits per heavy atom. The van der Waals surface area contributed by atoms with E-state index in [2.05, 4.69) is 4.98 Å². The van der Waals surface area contributed by atoms with Crippen LogP contribution in [0.25, 0.3) is 0 Å². The third-order valence-electron chi connectivity index (χ3n) is 3.30. The van der Waals surface area contributed by atoms with Crippen molar-refractivity contribution in [2.75, 3.05) is 18.1 Å². The summed E-state index contributed by atoms with van der Waals surface area (Å²) in [4.78, 5) is 18.5. The Morgan fingerprint density at radius 3 is 3.10 bits per heavy atom. The quantitative estimate of drug-likeness (QED) is 0.803. The second-order valence-corrected chi connectivity index (χ2v) is 4.83. The second kappa shape index (κ2) is 5.25. The molecule has 0 spiro atoms. The zero-order valence-electron chi connectivity index (χ0n) is 11.5. The minimum atomic E-state index is -0.149. The summed E-state index contributed by atoms with van der Waals surface area (Å²) in [6.07, 6.45) is 1.71. The molecule has 1 aromatic heterocycles. The zero-order valence-corrected chi connectivity index (χ0v) is 11.5. The summed E-state index contributed by atoms with van der Waals surface area (Å²) in [6, 6.07) is 10.6. The van der Waals surface area contributed by atoms with Crippen molar-refractivity contribution < 1.29 is 9.53 Å². The molecule has 104 valence electrons. The van der Waals surface area contributed by atoms with Crippen LogP contribution in [-0.2, 0) is 0 Å². The average molecular weight is 279 g/mol. The summed E-state index contributed by atoms with van der Waals surface area (Å²) in [5.74, 6) is 0.320. The van der Waals surface area contributed by atoms with Gasteiger partial charge in [0.25, 0.3) is 5.91 Å². The fourth-order valence-electron chi connectivity index (χ4n) is 2.29. The van der Waals surface area contributed by atoms with Crippen molar-refractivity contribution in [1.29, 1.82) is 5.26 Å². The van der Waals surface area contributed by atoms with Gasteiger partial charge in [-0.3, -0.25) is 4.79 Å². The van der Waals surface area contributed by atoms with E-state index in [0.717, 1.165) is 5.56 Å². The van der Waals surface area contributed by atoms with Crippen LogP contribution in [0, 0.1) is 18.3 Å². The average Bonchev–Trinajstić information content (AvgIpc) is 2.53. The van der Waals surface area contributed by atoms with Crippen LogP contribution in [0.15, 0.2) is 36.5 Å². The Labute approximate surface area is 122 Å². The molecule has 1 aliphatic rings. The molecule has 0 aliphatic carbocycles. The standard InChI is InChI=1S/C16H13N3O2/c1-11-7-14-15(18-10-11)21-6-5-19(14)16(20)13-4-2-3-12(8-13)9-17/h2-4,7-8,10H,5-6H2,1H3. The summed E-state index contributed by atoms with van der Waals surface area (Å²) < 4.78 is 5.48. The molecule has 0 atom stereocenters. The van der Waals surface area contributed by atoms with Crippen LogP contribution in [0.4, 0.5) is 5.69 Å². The highest BCUT2D eigenvalue weighted by Crippen LogP contribution is 2.31. The Bertz CT molecular complexity index is 749. The number of carbonyl (C=O) groups excluding carboxylic acids is 1. The van der Waals surface area contributed by atoms with E-state index in [1.165, 1.54) is 0 Å². The van der Waals surface area contributed by atoms with Gasteiger partial charge in [0.05, 0.1) is 18.2 Å². The molecule has 0 unspecified atom stereocenters. The third-order valence-corrected chi connectivity index (χ3v) is 3.30. The van der Waals surface area contributed by atoms with Crippen molar-refractivity contribution in [3.05, 3.63) is 53.2 Å². The largest absolute Gasteiger partial charge is 0.474 e.